The molecule has 0 saturated heterocycles. The minimum atomic E-state index is 0.240. The predicted octanol–water partition coefficient (Wildman–Crippen LogP) is 7.01. The quantitative estimate of drug-likeness (QED) is 0.433. The van der Waals surface area contributed by atoms with Crippen molar-refractivity contribution in [2.45, 2.75) is 58.4 Å². The van der Waals surface area contributed by atoms with Crippen molar-refractivity contribution in [1.29, 1.82) is 0 Å². The maximum Gasteiger partial charge on any atom is 0.220 e. The van der Waals surface area contributed by atoms with Crippen molar-refractivity contribution in [2.75, 3.05) is 0 Å². The van der Waals surface area contributed by atoms with Crippen molar-refractivity contribution in [3.8, 4) is 21.8 Å². The van der Waals surface area contributed by atoms with Gasteiger partial charge in [0.25, 0.3) is 0 Å². The third-order valence-corrected chi connectivity index (χ3v) is 9.13. The largest absolute Gasteiger partial charge is 0.352 e. The summed E-state index contributed by atoms with van der Waals surface area (Å²) < 4.78 is 0. The molecule has 0 atom stereocenters. The van der Waals surface area contributed by atoms with Crippen molar-refractivity contribution in [3.63, 3.8) is 0 Å². The van der Waals surface area contributed by atoms with E-state index in [2.05, 4.69) is 66.2 Å². The van der Waals surface area contributed by atoms with Crippen LogP contribution in [0.3, 0.4) is 0 Å². The van der Waals surface area contributed by atoms with Crippen LogP contribution in [-0.2, 0) is 11.3 Å². The van der Waals surface area contributed by atoms with Crippen molar-refractivity contribution in [3.05, 3.63) is 65.0 Å². The van der Waals surface area contributed by atoms with Gasteiger partial charge in [0, 0.05) is 29.5 Å². The first kappa shape index (κ1) is 21.1. The smallest absolute Gasteiger partial charge is 0.220 e. The summed E-state index contributed by atoms with van der Waals surface area (Å²) in [5, 5.41) is 6.37. The number of thiazole rings is 1. The van der Waals surface area contributed by atoms with Crippen LogP contribution >= 0.6 is 11.3 Å². The topological polar surface area (TPSA) is 42.0 Å². The van der Waals surface area contributed by atoms with Gasteiger partial charge in [0.1, 0.15) is 5.01 Å². The molecule has 0 aliphatic heterocycles. The van der Waals surface area contributed by atoms with E-state index in [0.717, 1.165) is 51.6 Å². The van der Waals surface area contributed by atoms with Crippen LogP contribution in [0.1, 0.15) is 56.1 Å². The molecule has 170 valence electrons. The molecular weight excluding hydrogens is 424 g/mol. The molecule has 2 aromatic carbocycles. The molecule has 4 fully saturated rings. The second-order valence-corrected chi connectivity index (χ2v) is 11.8. The molecule has 4 heteroatoms. The fourth-order valence-electron chi connectivity index (χ4n) is 7.14. The third kappa shape index (κ3) is 4.38. The van der Waals surface area contributed by atoms with Gasteiger partial charge in [0.2, 0.25) is 5.91 Å². The van der Waals surface area contributed by atoms with Crippen LogP contribution in [0.25, 0.3) is 21.8 Å². The highest BCUT2D eigenvalue weighted by Gasteiger charge is 2.51. The Bertz CT molecular complexity index is 1110. The molecule has 1 heterocycles. The standard InChI is InChI=1S/C29H32N2OS/c1-19-2-6-24(7-3-19)26-18-33-28(31-26)25-8-4-20(5-9-25)17-30-27(32)16-29-13-21-10-22(14-29)12-23(11-21)15-29/h2-9,18,21-23H,10-17H2,1H3,(H,30,32). The van der Waals surface area contributed by atoms with E-state index in [0.29, 0.717) is 12.0 Å². The monoisotopic (exact) mass is 456 g/mol. The number of hydrogen-bond acceptors (Lipinski definition) is 3. The summed E-state index contributed by atoms with van der Waals surface area (Å²) in [5.74, 6) is 2.93. The fourth-order valence-corrected chi connectivity index (χ4v) is 7.97. The lowest BCUT2D eigenvalue weighted by atomic mass is 9.49. The summed E-state index contributed by atoms with van der Waals surface area (Å²) in [4.78, 5) is 17.7. The molecule has 33 heavy (non-hydrogen) atoms. The Morgan fingerprint density at radius 1 is 0.939 bits per heavy atom. The number of hydrogen-bond donors (Lipinski definition) is 1. The summed E-state index contributed by atoms with van der Waals surface area (Å²) in [6, 6.07) is 17.0. The SMILES string of the molecule is Cc1ccc(-c2csc(-c3ccc(CNC(=O)CC45CC6CC(CC(C6)C4)C5)cc3)n2)cc1. The highest BCUT2D eigenvalue weighted by atomic mass is 32.1. The van der Waals surface area contributed by atoms with E-state index in [1.54, 1.807) is 11.3 Å². The van der Waals surface area contributed by atoms with Crippen LogP contribution in [-0.4, -0.2) is 10.9 Å². The number of amides is 1. The first-order chi connectivity index (χ1) is 16.0. The minimum Gasteiger partial charge on any atom is -0.352 e. The van der Waals surface area contributed by atoms with Gasteiger partial charge >= 0.3 is 0 Å². The zero-order valence-electron chi connectivity index (χ0n) is 19.3. The Morgan fingerprint density at radius 3 is 2.18 bits per heavy atom. The number of nitrogens with one attached hydrogen (secondary N) is 1. The average Bonchev–Trinajstić information content (AvgIpc) is 3.28. The van der Waals surface area contributed by atoms with Gasteiger partial charge in [0.05, 0.1) is 5.69 Å². The maximum absolute atomic E-state index is 12.8. The first-order valence-electron chi connectivity index (χ1n) is 12.4. The number of carbonyl (C=O) groups is 1. The van der Waals surface area contributed by atoms with Gasteiger partial charge in [-0.2, -0.15) is 0 Å². The molecule has 1 N–H and O–H groups in total. The molecule has 0 spiro atoms. The first-order valence-corrected chi connectivity index (χ1v) is 13.3. The van der Waals surface area contributed by atoms with E-state index in [4.69, 9.17) is 4.98 Å². The van der Waals surface area contributed by atoms with Crippen LogP contribution in [0.5, 0.6) is 0 Å². The van der Waals surface area contributed by atoms with Gasteiger partial charge in [-0.05, 0) is 74.2 Å². The van der Waals surface area contributed by atoms with E-state index < -0.39 is 0 Å². The number of aryl methyl sites for hydroxylation is 1. The van der Waals surface area contributed by atoms with Gasteiger partial charge in [-0.25, -0.2) is 4.98 Å². The van der Waals surface area contributed by atoms with E-state index in [1.165, 1.54) is 44.1 Å². The van der Waals surface area contributed by atoms with E-state index in [-0.39, 0.29) is 5.91 Å². The zero-order chi connectivity index (χ0) is 22.4. The van der Waals surface area contributed by atoms with Crippen molar-refractivity contribution >= 4 is 17.2 Å². The average molecular weight is 457 g/mol. The maximum atomic E-state index is 12.8. The summed E-state index contributed by atoms with van der Waals surface area (Å²) in [6.45, 7) is 2.71. The summed E-state index contributed by atoms with van der Waals surface area (Å²) in [6.07, 6.45) is 8.89. The number of benzene rings is 2. The molecule has 4 aliphatic rings. The lowest BCUT2D eigenvalue weighted by Gasteiger charge is -2.56. The lowest BCUT2D eigenvalue weighted by molar-refractivity contribution is -0.129. The second-order valence-electron chi connectivity index (χ2n) is 11.0. The molecule has 3 aromatic rings. The molecule has 1 amide bonds. The van der Waals surface area contributed by atoms with Crippen LogP contribution in [0.15, 0.2) is 53.9 Å². The van der Waals surface area contributed by atoms with Crippen LogP contribution in [0.2, 0.25) is 0 Å². The Kier molecular flexibility index (Phi) is 5.37. The lowest BCUT2D eigenvalue weighted by Crippen LogP contribution is -2.47. The molecule has 3 nitrogen and oxygen atoms in total. The molecule has 4 saturated carbocycles. The molecule has 0 radical (unpaired) electrons. The van der Waals surface area contributed by atoms with Crippen LogP contribution in [0, 0.1) is 30.1 Å². The zero-order valence-corrected chi connectivity index (χ0v) is 20.2. The third-order valence-electron chi connectivity index (χ3n) is 8.24. The number of aromatic nitrogens is 1. The molecule has 0 unspecified atom stereocenters. The summed E-state index contributed by atoms with van der Waals surface area (Å²) in [5.41, 5.74) is 6.02. The second kappa shape index (κ2) is 8.39. The summed E-state index contributed by atoms with van der Waals surface area (Å²) >= 11 is 1.68. The van der Waals surface area contributed by atoms with E-state index in [9.17, 15) is 4.79 Å². The molecule has 7 rings (SSSR count). The van der Waals surface area contributed by atoms with Gasteiger partial charge in [0.15, 0.2) is 0 Å². The molecular formula is C29H32N2OS. The Morgan fingerprint density at radius 2 is 1.55 bits per heavy atom. The molecule has 4 aliphatic carbocycles. The van der Waals surface area contributed by atoms with Crippen LogP contribution in [0.4, 0.5) is 0 Å². The minimum absolute atomic E-state index is 0.240. The van der Waals surface area contributed by atoms with Gasteiger partial charge in [-0.15, -0.1) is 11.3 Å². The van der Waals surface area contributed by atoms with Gasteiger partial charge in [-0.1, -0.05) is 54.1 Å². The summed E-state index contributed by atoms with van der Waals surface area (Å²) in [7, 11) is 0. The molecule has 4 bridgehead atoms. The van der Waals surface area contributed by atoms with Crippen LogP contribution < -0.4 is 5.32 Å². The normalized spacial score (nSPS) is 27.6. The highest BCUT2D eigenvalue weighted by Crippen LogP contribution is 2.61. The van der Waals surface area contributed by atoms with E-state index >= 15 is 0 Å². The Labute approximate surface area is 200 Å². The van der Waals surface area contributed by atoms with Gasteiger partial charge < -0.3 is 5.32 Å². The van der Waals surface area contributed by atoms with Crippen molar-refractivity contribution < 1.29 is 4.79 Å². The predicted molar refractivity (Wildman–Crippen MR) is 135 cm³/mol. The Balaban J connectivity index is 1.06. The fraction of sp³-hybridized carbons (Fsp3) is 0.448. The van der Waals surface area contributed by atoms with Gasteiger partial charge in [-0.3, -0.25) is 4.79 Å². The van der Waals surface area contributed by atoms with E-state index in [1.807, 2.05) is 0 Å². The Hall–Kier alpha value is -2.46. The number of nitrogens with zero attached hydrogens (tertiary/aromatic N) is 1. The number of carbonyl (C=O) groups excluding carboxylic acids is 1. The number of rotatable bonds is 6. The van der Waals surface area contributed by atoms with Crippen molar-refractivity contribution in [1.82, 2.24) is 10.3 Å². The van der Waals surface area contributed by atoms with Crippen molar-refractivity contribution in [2.24, 2.45) is 23.2 Å². The highest BCUT2D eigenvalue weighted by molar-refractivity contribution is 7.13. The molecule has 1 aromatic heterocycles.